The van der Waals surface area contributed by atoms with Crippen molar-refractivity contribution < 1.29 is 9.32 Å². The molecule has 0 atom stereocenters. The summed E-state index contributed by atoms with van der Waals surface area (Å²) in [5, 5.41) is 6.96. The van der Waals surface area contributed by atoms with Gasteiger partial charge in [0.25, 0.3) is 0 Å². The lowest BCUT2D eigenvalue weighted by Gasteiger charge is -2.23. The van der Waals surface area contributed by atoms with E-state index in [0.717, 1.165) is 34.0 Å². The van der Waals surface area contributed by atoms with Crippen LogP contribution in [0.15, 0.2) is 28.8 Å². The van der Waals surface area contributed by atoms with Crippen LogP contribution >= 0.6 is 11.8 Å². The average Bonchev–Trinajstić information content (AvgIpc) is 2.78. The van der Waals surface area contributed by atoms with E-state index in [1.54, 1.807) is 11.8 Å². The summed E-state index contributed by atoms with van der Waals surface area (Å²) in [7, 11) is 0. The Morgan fingerprint density at radius 3 is 2.57 bits per heavy atom. The predicted octanol–water partition coefficient (Wildman–Crippen LogP) is 4.46. The fourth-order valence-electron chi connectivity index (χ4n) is 2.39. The molecule has 0 aliphatic carbocycles. The molecule has 2 rings (SSSR count). The molecule has 4 nitrogen and oxygen atoms in total. The van der Waals surface area contributed by atoms with Crippen LogP contribution in [-0.4, -0.2) is 16.8 Å². The van der Waals surface area contributed by atoms with Crippen molar-refractivity contribution in [2.45, 2.75) is 45.8 Å². The smallest absolute Gasteiger partial charge is 0.234 e. The minimum atomic E-state index is -0.00625. The lowest BCUT2D eigenvalue weighted by atomic mass is 9.86. The first-order valence-electron chi connectivity index (χ1n) is 7.68. The van der Waals surface area contributed by atoms with E-state index >= 15 is 0 Å². The molecule has 2 aromatic rings. The number of nitrogens with zero attached hydrogens (tertiary/aromatic N) is 1. The maximum Gasteiger partial charge on any atom is 0.234 e. The zero-order valence-electron chi connectivity index (χ0n) is 14.4. The average molecular weight is 332 g/mol. The van der Waals surface area contributed by atoms with E-state index in [4.69, 9.17) is 4.52 Å². The molecule has 1 N–H and O–H groups in total. The van der Waals surface area contributed by atoms with Gasteiger partial charge in [0.1, 0.15) is 5.76 Å². The Morgan fingerprint density at radius 2 is 1.96 bits per heavy atom. The van der Waals surface area contributed by atoms with Crippen LogP contribution in [0.25, 0.3) is 0 Å². The van der Waals surface area contributed by atoms with Crippen molar-refractivity contribution in [3.8, 4) is 0 Å². The number of hydrogen-bond acceptors (Lipinski definition) is 4. The van der Waals surface area contributed by atoms with Gasteiger partial charge < -0.3 is 9.84 Å². The summed E-state index contributed by atoms with van der Waals surface area (Å²) in [5.74, 6) is 1.98. The van der Waals surface area contributed by atoms with Crippen LogP contribution in [0.5, 0.6) is 0 Å². The highest BCUT2D eigenvalue weighted by molar-refractivity contribution is 7.99. The highest BCUT2D eigenvalue weighted by atomic mass is 32.2. The summed E-state index contributed by atoms with van der Waals surface area (Å²) in [6.07, 6.45) is 0. The highest BCUT2D eigenvalue weighted by Crippen LogP contribution is 2.29. The van der Waals surface area contributed by atoms with Crippen LogP contribution in [0.2, 0.25) is 0 Å². The van der Waals surface area contributed by atoms with Crippen LogP contribution < -0.4 is 5.32 Å². The van der Waals surface area contributed by atoms with E-state index in [1.807, 2.05) is 32.0 Å². The summed E-state index contributed by atoms with van der Waals surface area (Å²) >= 11 is 1.57. The fourth-order valence-corrected chi connectivity index (χ4v) is 3.36. The van der Waals surface area contributed by atoms with Crippen LogP contribution in [-0.2, 0) is 16.0 Å². The zero-order chi connectivity index (χ0) is 17.0. The molecule has 0 aliphatic heterocycles. The molecule has 0 unspecified atom stereocenters. The van der Waals surface area contributed by atoms with Gasteiger partial charge in [-0.1, -0.05) is 44.1 Å². The third-order valence-electron chi connectivity index (χ3n) is 3.67. The Balaban J connectivity index is 1.93. The van der Waals surface area contributed by atoms with Gasteiger partial charge in [0.05, 0.1) is 11.4 Å². The van der Waals surface area contributed by atoms with Crippen LogP contribution in [0.4, 0.5) is 5.69 Å². The topological polar surface area (TPSA) is 55.1 Å². The first-order chi connectivity index (χ1) is 10.8. The molecule has 5 heteroatoms. The molecule has 0 radical (unpaired) electrons. The number of anilines is 1. The van der Waals surface area contributed by atoms with Crippen molar-refractivity contribution in [3.05, 3.63) is 46.8 Å². The maximum absolute atomic E-state index is 12.2. The van der Waals surface area contributed by atoms with E-state index in [9.17, 15) is 4.79 Å². The first-order valence-corrected chi connectivity index (χ1v) is 8.83. The van der Waals surface area contributed by atoms with Gasteiger partial charge in [-0.15, -0.1) is 11.8 Å². The van der Waals surface area contributed by atoms with E-state index in [-0.39, 0.29) is 11.3 Å². The molecular formula is C18H24N2O2S. The van der Waals surface area contributed by atoms with E-state index in [1.165, 1.54) is 0 Å². The number of hydrogen-bond donors (Lipinski definition) is 1. The maximum atomic E-state index is 12.2. The van der Waals surface area contributed by atoms with Gasteiger partial charge in [0.15, 0.2) is 0 Å². The molecule has 1 heterocycles. The molecule has 1 amide bonds. The van der Waals surface area contributed by atoms with Crippen molar-refractivity contribution in [1.82, 2.24) is 5.16 Å². The second-order valence-corrected chi connectivity index (χ2v) is 7.62. The molecule has 0 bridgehead atoms. The summed E-state index contributed by atoms with van der Waals surface area (Å²) in [6.45, 7) is 10.3. The van der Waals surface area contributed by atoms with Gasteiger partial charge in [-0.05, 0) is 30.9 Å². The van der Waals surface area contributed by atoms with Gasteiger partial charge in [0.2, 0.25) is 5.91 Å². The summed E-state index contributed by atoms with van der Waals surface area (Å²) < 4.78 is 5.14. The Labute approximate surface area is 142 Å². The van der Waals surface area contributed by atoms with Gasteiger partial charge in [-0.3, -0.25) is 4.79 Å². The van der Waals surface area contributed by atoms with Crippen molar-refractivity contribution in [2.75, 3.05) is 11.1 Å². The second-order valence-electron chi connectivity index (χ2n) is 6.64. The number of nitrogens with one attached hydrogen (secondary N) is 1. The molecule has 0 fully saturated rings. The monoisotopic (exact) mass is 332 g/mol. The van der Waals surface area contributed by atoms with E-state index in [2.05, 4.69) is 37.3 Å². The molecule has 0 aliphatic rings. The number of amides is 1. The summed E-state index contributed by atoms with van der Waals surface area (Å²) in [4.78, 5) is 12.2. The lowest BCUT2D eigenvalue weighted by molar-refractivity contribution is -0.113. The quantitative estimate of drug-likeness (QED) is 0.878. The predicted molar refractivity (Wildman–Crippen MR) is 95.9 cm³/mol. The first kappa shape index (κ1) is 17.6. The third kappa shape index (κ3) is 4.61. The number of carbonyl (C=O) groups excluding carboxylic acids is 1. The largest absolute Gasteiger partial charge is 0.361 e. The summed E-state index contributed by atoms with van der Waals surface area (Å²) in [5.41, 5.74) is 4.01. The minimum Gasteiger partial charge on any atom is -0.361 e. The molecule has 0 saturated heterocycles. The highest BCUT2D eigenvalue weighted by Gasteiger charge is 2.18. The molecule has 124 valence electrons. The minimum absolute atomic E-state index is 0.00625. The molecule has 1 aromatic carbocycles. The normalized spacial score (nSPS) is 11.5. The van der Waals surface area contributed by atoms with Gasteiger partial charge in [-0.2, -0.15) is 0 Å². The molecule has 23 heavy (non-hydrogen) atoms. The van der Waals surface area contributed by atoms with Crippen LogP contribution in [0, 0.1) is 13.8 Å². The Kier molecular flexibility index (Phi) is 5.52. The van der Waals surface area contributed by atoms with E-state index in [0.29, 0.717) is 5.75 Å². The molecule has 0 spiro atoms. The number of rotatable bonds is 5. The number of thioether (sulfide) groups is 1. The van der Waals surface area contributed by atoms with Crippen LogP contribution in [0.1, 0.15) is 43.4 Å². The van der Waals surface area contributed by atoms with Gasteiger partial charge >= 0.3 is 0 Å². The lowest BCUT2D eigenvalue weighted by Crippen LogP contribution is -2.19. The Hall–Kier alpha value is -1.75. The number of benzene rings is 1. The van der Waals surface area contributed by atoms with Gasteiger partial charge in [-0.25, -0.2) is 0 Å². The second kappa shape index (κ2) is 7.21. The zero-order valence-corrected chi connectivity index (χ0v) is 15.2. The molecule has 1 aromatic heterocycles. The molecular weight excluding hydrogens is 308 g/mol. The van der Waals surface area contributed by atoms with Crippen molar-refractivity contribution in [2.24, 2.45) is 0 Å². The summed E-state index contributed by atoms with van der Waals surface area (Å²) in [6, 6.07) is 7.97. The number of para-hydroxylation sites is 1. The van der Waals surface area contributed by atoms with Crippen molar-refractivity contribution >= 4 is 23.4 Å². The fraction of sp³-hybridized carbons (Fsp3) is 0.444. The number of carbonyl (C=O) groups is 1. The molecule has 0 saturated carbocycles. The van der Waals surface area contributed by atoms with Crippen LogP contribution in [0.3, 0.4) is 0 Å². The van der Waals surface area contributed by atoms with Crippen molar-refractivity contribution in [1.29, 1.82) is 0 Å². The third-order valence-corrected chi connectivity index (χ3v) is 4.63. The van der Waals surface area contributed by atoms with Crippen molar-refractivity contribution in [3.63, 3.8) is 0 Å². The number of aromatic nitrogens is 1. The van der Waals surface area contributed by atoms with E-state index < -0.39 is 0 Å². The Bertz CT molecular complexity index is 667. The van der Waals surface area contributed by atoms with Gasteiger partial charge in [0, 0.05) is 17.0 Å². The number of aryl methyl sites for hydroxylation is 2. The SMILES string of the molecule is Cc1noc(C)c1CSCC(=O)Nc1ccccc1C(C)(C)C. The Morgan fingerprint density at radius 1 is 1.26 bits per heavy atom. The standard InChI is InChI=1S/C18H24N2O2S/c1-12-14(13(2)22-20-12)10-23-11-17(21)19-16-9-7-6-8-15(16)18(3,4)5/h6-9H,10-11H2,1-5H3,(H,19,21).